The second-order valence-corrected chi connectivity index (χ2v) is 5.16. The largest absolute Gasteiger partial charge is 0.344 e. The van der Waals surface area contributed by atoms with Crippen molar-refractivity contribution in [2.45, 2.75) is 19.3 Å². The van der Waals surface area contributed by atoms with E-state index in [9.17, 15) is 10.1 Å². The van der Waals surface area contributed by atoms with E-state index < -0.39 is 5.92 Å². The summed E-state index contributed by atoms with van der Waals surface area (Å²) in [5.74, 6) is 0.569. The van der Waals surface area contributed by atoms with E-state index in [1.54, 1.807) is 11.9 Å². The average molecular weight is 242 g/mol. The highest BCUT2D eigenvalue weighted by atomic mass is 16.2. The lowest BCUT2D eigenvalue weighted by molar-refractivity contribution is -0.130. The van der Waals surface area contributed by atoms with E-state index in [0.29, 0.717) is 5.92 Å². The molecule has 1 saturated carbocycles. The molecule has 1 aliphatic rings. The van der Waals surface area contributed by atoms with Gasteiger partial charge in [0.05, 0.1) is 6.07 Å². The quantitative estimate of drug-likeness (QED) is 0.813. The molecule has 0 saturated heterocycles. The molecule has 3 unspecified atom stereocenters. The van der Waals surface area contributed by atoms with Crippen LogP contribution in [0.5, 0.6) is 0 Å². The molecule has 18 heavy (non-hydrogen) atoms. The van der Waals surface area contributed by atoms with Gasteiger partial charge < -0.3 is 4.90 Å². The molecule has 3 atom stereocenters. The van der Waals surface area contributed by atoms with Gasteiger partial charge in [0.2, 0.25) is 5.91 Å². The van der Waals surface area contributed by atoms with Crippen LogP contribution in [0, 0.1) is 23.2 Å². The number of carbonyl (C=O) groups excluding carboxylic acids is 1. The molecule has 1 aromatic rings. The van der Waals surface area contributed by atoms with Gasteiger partial charge in [-0.2, -0.15) is 5.26 Å². The van der Waals surface area contributed by atoms with Crippen LogP contribution in [0.1, 0.15) is 24.8 Å². The van der Waals surface area contributed by atoms with Gasteiger partial charge in [0.15, 0.2) is 0 Å². The van der Waals surface area contributed by atoms with E-state index in [1.807, 2.05) is 30.3 Å². The monoisotopic (exact) mass is 242 g/mol. The molecule has 0 spiro atoms. The highest BCUT2D eigenvalue weighted by Gasteiger charge is 2.35. The van der Waals surface area contributed by atoms with Crippen LogP contribution in [-0.2, 0) is 4.79 Å². The number of hydrogen-bond donors (Lipinski definition) is 0. The number of benzene rings is 1. The lowest BCUT2D eigenvalue weighted by Crippen LogP contribution is -2.33. The third-order valence-corrected chi connectivity index (χ3v) is 3.67. The first-order valence-corrected chi connectivity index (χ1v) is 6.33. The van der Waals surface area contributed by atoms with Gasteiger partial charge in [-0.1, -0.05) is 37.3 Å². The molecule has 0 N–H and O–H groups in total. The van der Waals surface area contributed by atoms with E-state index >= 15 is 0 Å². The van der Waals surface area contributed by atoms with Crippen molar-refractivity contribution in [3.63, 3.8) is 0 Å². The Hall–Kier alpha value is -1.82. The van der Waals surface area contributed by atoms with Crippen molar-refractivity contribution in [3.05, 3.63) is 35.9 Å². The van der Waals surface area contributed by atoms with Crippen molar-refractivity contribution in [1.29, 1.82) is 5.26 Å². The molecule has 0 heterocycles. The van der Waals surface area contributed by atoms with Crippen LogP contribution < -0.4 is 0 Å². The molecule has 0 radical (unpaired) electrons. The van der Waals surface area contributed by atoms with Gasteiger partial charge in [0.1, 0.15) is 5.92 Å². The Bertz CT molecular complexity index is 463. The first-order valence-electron chi connectivity index (χ1n) is 6.33. The molecule has 0 aromatic heterocycles. The second kappa shape index (κ2) is 5.22. The molecule has 1 fully saturated rings. The van der Waals surface area contributed by atoms with Crippen molar-refractivity contribution < 1.29 is 4.79 Å². The Morgan fingerprint density at radius 3 is 2.61 bits per heavy atom. The number of amides is 1. The summed E-state index contributed by atoms with van der Waals surface area (Å²) < 4.78 is 0. The number of nitrogens with zero attached hydrogens (tertiary/aromatic N) is 2. The fourth-order valence-corrected chi connectivity index (χ4v) is 2.23. The SMILES string of the molecule is CC1CC1CN(C)C(=O)C(C#N)c1ccccc1. The maximum Gasteiger partial charge on any atom is 0.244 e. The van der Waals surface area contributed by atoms with Crippen LogP contribution in [-0.4, -0.2) is 24.4 Å². The maximum absolute atomic E-state index is 12.2. The Morgan fingerprint density at radius 2 is 2.11 bits per heavy atom. The summed E-state index contributed by atoms with van der Waals surface area (Å²) in [4.78, 5) is 14.0. The summed E-state index contributed by atoms with van der Waals surface area (Å²) in [5.41, 5.74) is 0.778. The van der Waals surface area contributed by atoms with Gasteiger partial charge in [-0.05, 0) is 23.8 Å². The summed E-state index contributed by atoms with van der Waals surface area (Å²) in [6, 6.07) is 11.4. The highest BCUT2D eigenvalue weighted by Crippen LogP contribution is 2.38. The number of nitriles is 1. The van der Waals surface area contributed by atoms with Crippen molar-refractivity contribution in [2.75, 3.05) is 13.6 Å². The minimum absolute atomic E-state index is 0.0946. The molecular formula is C15H18N2O. The first-order chi connectivity index (χ1) is 8.63. The lowest BCUT2D eigenvalue weighted by atomic mass is 9.99. The molecule has 1 aliphatic carbocycles. The fourth-order valence-electron chi connectivity index (χ4n) is 2.23. The van der Waals surface area contributed by atoms with Crippen LogP contribution in [0.2, 0.25) is 0 Å². The van der Waals surface area contributed by atoms with Crippen LogP contribution in [0.25, 0.3) is 0 Å². The third kappa shape index (κ3) is 2.70. The second-order valence-electron chi connectivity index (χ2n) is 5.16. The van der Waals surface area contributed by atoms with Crippen molar-refractivity contribution in [2.24, 2.45) is 11.8 Å². The minimum Gasteiger partial charge on any atom is -0.344 e. The fraction of sp³-hybridized carbons (Fsp3) is 0.467. The number of carbonyl (C=O) groups is 1. The van der Waals surface area contributed by atoms with E-state index in [-0.39, 0.29) is 5.91 Å². The summed E-state index contributed by atoms with van der Waals surface area (Å²) in [6.07, 6.45) is 1.19. The highest BCUT2D eigenvalue weighted by molar-refractivity contribution is 5.86. The standard InChI is InChI=1S/C15H18N2O/c1-11-8-13(11)10-17(2)15(18)14(9-16)12-6-4-3-5-7-12/h3-7,11,13-14H,8,10H2,1-2H3. The Labute approximate surface area is 108 Å². The van der Waals surface area contributed by atoms with Gasteiger partial charge in [0.25, 0.3) is 0 Å². The van der Waals surface area contributed by atoms with E-state index in [0.717, 1.165) is 18.0 Å². The zero-order chi connectivity index (χ0) is 13.1. The number of hydrogen-bond acceptors (Lipinski definition) is 2. The molecule has 2 rings (SSSR count). The molecule has 3 heteroatoms. The summed E-state index contributed by atoms with van der Waals surface area (Å²) in [6.45, 7) is 2.97. The molecular weight excluding hydrogens is 224 g/mol. The molecule has 3 nitrogen and oxygen atoms in total. The van der Waals surface area contributed by atoms with Crippen molar-refractivity contribution in [1.82, 2.24) is 4.90 Å². The van der Waals surface area contributed by atoms with Crippen LogP contribution in [0.3, 0.4) is 0 Å². The van der Waals surface area contributed by atoms with Gasteiger partial charge in [-0.15, -0.1) is 0 Å². The summed E-state index contributed by atoms with van der Waals surface area (Å²) >= 11 is 0. The number of likely N-dealkylation sites (N-methyl/N-ethyl adjacent to an activating group) is 1. The zero-order valence-corrected chi connectivity index (χ0v) is 10.8. The van der Waals surface area contributed by atoms with Crippen LogP contribution in [0.4, 0.5) is 0 Å². The molecule has 94 valence electrons. The summed E-state index contributed by atoms with van der Waals surface area (Å²) in [7, 11) is 1.79. The normalized spacial score (nSPS) is 22.9. The van der Waals surface area contributed by atoms with Crippen molar-refractivity contribution in [3.8, 4) is 6.07 Å². The maximum atomic E-state index is 12.2. The molecule has 0 aliphatic heterocycles. The van der Waals surface area contributed by atoms with Gasteiger partial charge in [-0.3, -0.25) is 4.79 Å². The summed E-state index contributed by atoms with van der Waals surface area (Å²) in [5, 5.41) is 9.20. The van der Waals surface area contributed by atoms with Crippen molar-refractivity contribution >= 4 is 5.91 Å². The Morgan fingerprint density at radius 1 is 1.50 bits per heavy atom. The van der Waals surface area contributed by atoms with Gasteiger partial charge in [-0.25, -0.2) is 0 Å². The van der Waals surface area contributed by atoms with Gasteiger partial charge in [0, 0.05) is 13.6 Å². The van der Waals surface area contributed by atoms with E-state index in [4.69, 9.17) is 0 Å². The Kier molecular flexibility index (Phi) is 3.66. The zero-order valence-electron chi connectivity index (χ0n) is 10.8. The molecule has 1 aromatic carbocycles. The van der Waals surface area contributed by atoms with E-state index in [2.05, 4.69) is 13.0 Å². The molecule has 0 bridgehead atoms. The third-order valence-electron chi connectivity index (χ3n) is 3.67. The topological polar surface area (TPSA) is 44.1 Å². The van der Waals surface area contributed by atoms with E-state index in [1.165, 1.54) is 6.42 Å². The Balaban J connectivity index is 2.04. The van der Waals surface area contributed by atoms with Crippen LogP contribution in [0.15, 0.2) is 30.3 Å². The number of rotatable bonds is 4. The minimum atomic E-state index is -0.676. The molecule has 1 amide bonds. The first kappa shape index (κ1) is 12.6. The average Bonchev–Trinajstić information content (AvgIpc) is 3.07. The van der Waals surface area contributed by atoms with Crippen LogP contribution >= 0.6 is 0 Å². The van der Waals surface area contributed by atoms with Gasteiger partial charge >= 0.3 is 0 Å². The lowest BCUT2D eigenvalue weighted by Gasteiger charge is -2.20. The predicted molar refractivity (Wildman–Crippen MR) is 69.7 cm³/mol. The smallest absolute Gasteiger partial charge is 0.244 e. The predicted octanol–water partition coefficient (Wildman–Crippen LogP) is 2.41.